The molecule has 0 radical (unpaired) electrons. The molecule has 0 aliphatic heterocycles. The largest absolute Gasteiger partial charge is 0.544 e. The second-order valence-electron chi connectivity index (χ2n) is 3.84. The van der Waals surface area contributed by atoms with Gasteiger partial charge in [0.2, 0.25) is 8.32 Å². The Morgan fingerprint density at radius 2 is 1.47 bits per heavy atom. The summed E-state index contributed by atoms with van der Waals surface area (Å²) in [6.45, 7) is 6.62. The van der Waals surface area contributed by atoms with E-state index in [1.807, 2.05) is 12.1 Å². The molecule has 1 aromatic rings. The van der Waals surface area contributed by atoms with Crippen LogP contribution in [0.15, 0.2) is 24.3 Å². The Hall–Kier alpha value is -0.963. The summed E-state index contributed by atoms with van der Waals surface area (Å²) in [4.78, 5) is 0. The highest BCUT2D eigenvalue weighted by Crippen LogP contribution is 2.26. The molecule has 0 amide bonds. The number of phenols is 1. The molecule has 2 nitrogen and oxygen atoms in total. The molecule has 0 aliphatic carbocycles. The van der Waals surface area contributed by atoms with E-state index in [9.17, 15) is 5.11 Å². The first-order chi connectivity index (χ1) is 7.15. The molecule has 0 saturated heterocycles. The average Bonchev–Trinajstić information content (AvgIpc) is 2.29. The standard InChI is InChI=1S/C12H20O2Si/c1-4-15(5-2,6-3)14-12-9-7-11(13)8-10-12/h7-10,13H,4-6H2,1-3H3. The summed E-state index contributed by atoms with van der Waals surface area (Å²) in [5.41, 5.74) is 0. The molecule has 1 N–H and O–H groups in total. The highest BCUT2D eigenvalue weighted by atomic mass is 28.4. The van der Waals surface area contributed by atoms with Gasteiger partial charge in [-0.25, -0.2) is 0 Å². The van der Waals surface area contributed by atoms with Crippen molar-refractivity contribution in [2.24, 2.45) is 0 Å². The number of aromatic hydroxyl groups is 1. The van der Waals surface area contributed by atoms with Gasteiger partial charge >= 0.3 is 0 Å². The Labute approximate surface area is 93.0 Å². The van der Waals surface area contributed by atoms with Gasteiger partial charge in [-0.15, -0.1) is 0 Å². The lowest BCUT2D eigenvalue weighted by Crippen LogP contribution is -2.39. The van der Waals surface area contributed by atoms with Gasteiger partial charge in [0.1, 0.15) is 11.5 Å². The molecule has 0 fully saturated rings. The lowest BCUT2D eigenvalue weighted by atomic mass is 10.3. The molecule has 1 rings (SSSR count). The quantitative estimate of drug-likeness (QED) is 0.771. The van der Waals surface area contributed by atoms with Crippen LogP contribution in [0.1, 0.15) is 20.8 Å². The van der Waals surface area contributed by atoms with Crippen molar-refractivity contribution in [2.45, 2.75) is 38.9 Å². The van der Waals surface area contributed by atoms with E-state index >= 15 is 0 Å². The van der Waals surface area contributed by atoms with Gasteiger partial charge in [0, 0.05) is 0 Å². The van der Waals surface area contributed by atoms with Gasteiger partial charge in [-0.1, -0.05) is 20.8 Å². The molecule has 0 spiro atoms. The SMILES string of the molecule is CC[Si](CC)(CC)Oc1ccc(O)cc1. The third-order valence-corrected chi connectivity index (χ3v) is 7.64. The number of hydrogen-bond donors (Lipinski definition) is 1. The van der Waals surface area contributed by atoms with Crippen molar-refractivity contribution in [1.82, 2.24) is 0 Å². The van der Waals surface area contributed by atoms with Crippen LogP contribution in [-0.4, -0.2) is 13.4 Å². The van der Waals surface area contributed by atoms with Crippen LogP contribution in [0.2, 0.25) is 18.1 Å². The van der Waals surface area contributed by atoms with Gasteiger partial charge < -0.3 is 9.53 Å². The Morgan fingerprint density at radius 1 is 1.00 bits per heavy atom. The minimum Gasteiger partial charge on any atom is -0.544 e. The first kappa shape index (κ1) is 12.1. The van der Waals surface area contributed by atoms with E-state index in [1.165, 1.54) is 0 Å². The maximum absolute atomic E-state index is 9.18. The van der Waals surface area contributed by atoms with E-state index in [1.54, 1.807) is 12.1 Å². The summed E-state index contributed by atoms with van der Waals surface area (Å²) in [7, 11) is -1.56. The summed E-state index contributed by atoms with van der Waals surface area (Å²) in [6.07, 6.45) is 0. The van der Waals surface area contributed by atoms with Gasteiger partial charge in [-0.3, -0.25) is 0 Å². The predicted octanol–water partition coefficient (Wildman–Crippen LogP) is 3.78. The maximum atomic E-state index is 9.18. The van der Waals surface area contributed by atoms with Gasteiger partial charge in [-0.2, -0.15) is 0 Å². The molecular formula is C12H20O2Si. The second kappa shape index (κ2) is 5.21. The molecule has 0 saturated carbocycles. The monoisotopic (exact) mass is 224 g/mol. The van der Waals surface area contributed by atoms with E-state index in [-0.39, 0.29) is 0 Å². The van der Waals surface area contributed by atoms with Crippen molar-refractivity contribution in [2.75, 3.05) is 0 Å². The van der Waals surface area contributed by atoms with Crippen LogP contribution < -0.4 is 4.43 Å². The van der Waals surface area contributed by atoms with Crippen molar-refractivity contribution in [3.05, 3.63) is 24.3 Å². The molecule has 0 aliphatic rings. The highest BCUT2D eigenvalue weighted by Gasteiger charge is 2.30. The van der Waals surface area contributed by atoms with E-state index in [2.05, 4.69) is 20.8 Å². The van der Waals surface area contributed by atoms with Gasteiger partial charge in [0.05, 0.1) is 0 Å². The minimum absolute atomic E-state index is 0.291. The molecule has 0 atom stereocenters. The van der Waals surface area contributed by atoms with Gasteiger partial charge in [-0.05, 0) is 42.4 Å². The number of hydrogen-bond acceptors (Lipinski definition) is 2. The van der Waals surface area contributed by atoms with Crippen molar-refractivity contribution in [3.8, 4) is 11.5 Å². The lowest BCUT2D eigenvalue weighted by Gasteiger charge is -2.28. The van der Waals surface area contributed by atoms with Crippen LogP contribution in [0.3, 0.4) is 0 Å². The first-order valence-corrected chi connectivity index (χ1v) is 8.16. The zero-order chi connectivity index (χ0) is 11.3. The summed E-state index contributed by atoms with van der Waals surface area (Å²) in [5.74, 6) is 1.18. The molecule has 0 bridgehead atoms. The van der Waals surface area contributed by atoms with E-state index < -0.39 is 8.32 Å². The summed E-state index contributed by atoms with van der Waals surface area (Å²) >= 11 is 0. The van der Waals surface area contributed by atoms with Crippen LogP contribution >= 0.6 is 0 Å². The van der Waals surface area contributed by atoms with Crippen LogP contribution in [-0.2, 0) is 0 Å². The Kier molecular flexibility index (Phi) is 4.21. The van der Waals surface area contributed by atoms with E-state index in [0.717, 1.165) is 23.9 Å². The molecule has 1 aromatic carbocycles. The van der Waals surface area contributed by atoms with Crippen molar-refractivity contribution in [3.63, 3.8) is 0 Å². The zero-order valence-electron chi connectivity index (χ0n) is 9.79. The molecular weight excluding hydrogens is 204 g/mol. The fraction of sp³-hybridized carbons (Fsp3) is 0.500. The van der Waals surface area contributed by atoms with Crippen LogP contribution in [0.25, 0.3) is 0 Å². The smallest absolute Gasteiger partial charge is 0.250 e. The van der Waals surface area contributed by atoms with Crippen molar-refractivity contribution in [1.29, 1.82) is 0 Å². The predicted molar refractivity (Wildman–Crippen MR) is 65.9 cm³/mol. The van der Waals surface area contributed by atoms with Crippen LogP contribution in [0.4, 0.5) is 0 Å². The van der Waals surface area contributed by atoms with Crippen LogP contribution in [0, 0.1) is 0 Å². The third-order valence-electron chi connectivity index (χ3n) is 3.10. The van der Waals surface area contributed by atoms with Crippen LogP contribution in [0.5, 0.6) is 11.5 Å². The average molecular weight is 224 g/mol. The van der Waals surface area contributed by atoms with E-state index in [0.29, 0.717) is 5.75 Å². The number of rotatable bonds is 5. The summed E-state index contributed by atoms with van der Waals surface area (Å²) in [6, 6.07) is 10.5. The van der Waals surface area contributed by atoms with Gasteiger partial charge in [0.15, 0.2) is 0 Å². The summed E-state index contributed by atoms with van der Waals surface area (Å²) in [5, 5.41) is 9.18. The normalized spacial score (nSPS) is 11.4. The molecule has 0 heterocycles. The summed E-state index contributed by atoms with van der Waals surface area (Å²) < 4.78 is 6.13. The fourth-order valence-electron chi connectivity index (χ4n) is 1.73. The molecule has 15 heavy (non-hydrogen) atoms. The third kappa shape index (κ3) is 2.99. The fourth-order valence-corrected chi connectivity index (χ4v) is 4.30. The molecule has 3 heteroatoms. The van der Waals surface area contributed by atoms with Gasteiger partial charge in [0.25, 0.3) is 0 Å². The van der Waals surface area contributed by atoms with E-state index in [4.69, 9.17) is 4.43 Å². The highest BCUT2D eigenvalue weighted by molar-refractivity contribution is 6.74. The topological polar surface area (TPSA) is 29.5 Å². The number of benzene rings is 1. The number of phenolic OH excluding ortho intramolecular Hbond substituents is 1. The Morgan fingerprint density at radius 3 is 1.87 bits per heavy atom. The van der Waals surface area contributed by atoms with Crippen molar-refractivity contribution < 1.29 is 9.53 Å². The molecule has 0 unspecified atom stereocenters. The second-order valence-corrected chi connectivity index (χ2v) is 8.53. The molecule has 84 valence electrons. The zero-order valence-corrected chi connectivity index (χ0v) is 10.8. The lowest BCUT2D eigenvalue weighted by molar-refractivity contribution is 0.472. The van der Waals surface area contributed by atoms with Crippen molar-refractivity contribution >= 4 is 8.32 Å². The molecule has 0 aromatic heterocycles. The first-order valence-electron chi connectivity index (χ1n) is 5.64. The minimum atomic E-state index is -1.56. The maximum Gasteiger partial charge on any atom is 0.250 e. The Balaban J connectivity index is 2.78. The Bertz CT molecular complexity index is 283.